The molecule has 0 aromatic carbocycles. The maximum absolute atomic E-state index is 15.0. The Morgan fingerprint density at radius 1 is 1.26 bits per heavy atom. The van der Waals surface area contributed by atoms with Crippen molar-refractivity contribution in [1.82, 2.24) is 19.4 Å². The molecule has 2 aromatic heterocycles. The molecule has 8 nitrogen and oxygen atoms in total. The molecule has 2 unspecified atom stereocenters. The number of nitrogens with zero attached hydrogens (tertiary/aromatic N) is 5. The van der Waals surface area contributed by atoms with Crippen molar-refractivity contribution in [2.45, 2.75) is 19.1 Å². The quantitative estimate of drug-likeness (QED) is 0.502. The summed E-state index contributed by atoms with van der Waals surface area (Å²) < 4.78 is 57.8. The summed E-state index contributed by atoms with van der Waals surface area (Å²) in [7, 11) is 0. The first-order valence-electron chi connectivity index (χ1n) is 10.6. The number of carbonyl (C=O) groups excluding carboxylic acids is 1. The number of aromatic nitrogens is 3. The first-order valence-corrected chi connectivity index (χ1v) is 11.0. The van der Waals surface area contributed by atoms with Gasteiger partial charge in [-0.2, -0.15) is 13.2 Å². The SMILES string of the molecule is C=CC(=O)N1CCN(c2ncnc3c(=O)n(C4=C(F)C(Cl)=CC(C)C4N)c(C(F)(F)F)cc23)CC1. The van der Waals surface area contributed by atoms with E-state index in [2.05, 4.69) is 16.5 Å². The van der Waals surface area contributed by atoms with Gasteiger partial charge < -0.3 is 15.5 Å². The van der Waals surface area contributed by atoms with Crippen molar-refractivity contribution in [3.63, 3.8) is 0 Å². The molecule has 1 aliphatic heterocycles. The monoisotopic (exact) mass is 512 g/mol. The van der Waals surface area contributed by atoms with E-state index in [0.29, 0.717) is 0 Å². The van der Waals surface area contributed by atoms with Crippen LogP contribution in [0.1, 0.15) is 12.6 Å². The average Bonchev–Trinajstić information content (AvgIpc) is 2.82. The van der Waals surface area contributed by atoms with E-state index in [0.717, 1.165) is 12.4 Å². The predicted molar refractivity (Wildman–Crippen MR) is 123 cm³/mol. The van der Waals surface area contributed by atoms with Crippen LogP contribution in [0.25, 0.3) is 16.6 Å². The lowest BCUT2D eigenvalue weighted by atomic mass is 9.93. The van der Waals surface area contributed by atoms with Crippen molar-refractivity contribution in [3.05, 3.63) is 58.0 Å². The van der Waals surface area contributed by atoms with Crippen LogP contribution in [0.4, 0.5) is 23.4 Å². The second-order valence-corrected chi connectivity index (χ2v) is 8.65. The normalized spacial score (nSPS) is 21.4. The molecule has 0 spiro atoms. The number of fused-ring (bicyclic) bond motifs is 1. The number of amides is 1. The van der Waals surface area contributed by atoms with E-state index in [9.17, 15) is 27.2 Å². The molecule has 4 rings (SSSR count). The summed E-state index contributed by atoms with van der Waals surface area (Å²) in [5.41, 5.74) is 2.38. The van der Waals surface area contributed by atoms with Gasteiger partial charge in [0.2, 0.25) is 5.91 Å². The smallest absolute Gasteiger partial charge is 0.352 e. The molecule has 0 radical (unpaired) electrons. The maximum Gasteiger partial charge on any atom is 0.431 e. The highest BCUT2D eigenvalue weighted by atomic mass is 35.5. The van der Waals surface area contributed by atoms with E-state index in [1.165, 1.54) is 12.2 Å². The third kappa shape index (κ3) is 4.31. The topological polar surface area (TPSA) is 97.4 Å². The van der Waals surface area contributed by atoms with Crippen molar-refractivity contribution >= 4 is 39.9 Å². The molecule has 186 valence electrons. The van der Waals surface area contributed by atoms with Crippen LogP contribution in [0, 0.1) is 5.92 Å². The van der Waals surface area contributed by atoms with Gasteiger partial charge in [0.25, 0.3) is 5.56 Å². The van der Waals surface area contributed by atoms with Gasteiger partial charge >= 0.3 is 6.18 Å². The summed E-state index contributed by atoms with van der Waals surface area (Å²) >= 11 is 5.89. The zero-order valence-electron chi connectivity index (χ0n) is 18.5. The molecule has 2 atom stereocenters. The van der Waals surface area contributed by atoms with Crippen molar-refractivity contribution in [1.29, 1.82) is 0 Å². The number of hydrogen-bond donors (Lipinski definition) is 1. The van der Waals surface area contributed by atoms with E-state index < -0.39 is 45.9 Å². The van der Waals surface area contributed by atoms with Crippen molar-refractivity contribution in [3.8, 4) is 0 Å². The fraction of sp³-hybridized carbons (Fsp3) is 0.364. The van der Waals surface area contributed by atoms with Crippen LogP contribution in [0.2, 0.25) is 0 Å². The van der Waals surface area contributed by atoms with Crippen LogP contribution in [0.15, 0.2) is 46.8 Å². The Bertz CT molecular complexity index is 1330. The molecule has 13 heteroatoms. The number of anilines is 1. The van der Waals surface area contributed by atoms with Gasteiger partial charge in [0.1, 0.15) is 23.4 Å². The number of pyridine rings is 1. The Balaban J connectivity index is 1.91. The molecule has 2 aliphatic rings. The highest BCUT2D eigenvalue weighted by Gasteiger charge is 2.40. The Morgan fingerprint density at radius 3 is 2.51 bits per heavy atom. The molecule has 1 aliphatic carbocycles. The lowest BCUT2D eigenvalue weighted by Gasteiger charge is -2.35. The van der Waals surface area contributed by atoms with Gasteiger partial charge in [0.05, 0.1) is 22.2 Å². The molecule has 0 saturated carbocycles. The third-order valence-electron chi connectivity index (χ3n) is 6.11. The average molecular weight is 513 g/mol. The number of allylic oxidation sites excluding steroid dienone is 2. The van der Waals surface area contributed by atoms with Crippen molar-refractivity contribution in [2.24, 2.45) is 11.7 Å². The van der Waals surface area contributed by atoms with E-state index in [4.69, 9.17) is 17.3 Å². The number of halogens is 5. The predicted octanol–water partition coefficient (Wildman–Crippen LogP) is 2.88. The summed E-state index contributed by atoms with van der Waals surface area (Å²) in [4.78, 5) is 36.5. The van der Waals surface area contributed by atoms with Gasteiger partial charge in [-0.3, -0.25) is 14.2 Å². The molecule has 1 amide bonds. The number of nitrogens with two attached hydrogens (primary N) is 1. The maximum atomic E-state index is 15.0. The summed E-state index contributed by atoms with van der Waals surface area (Å²) in [6.45, 7) is 6.09. The Morgan fingerprint density at radius 2 is 1.91 bits per heavy atom. The molecular weight excluding hydrogens is 492 g/mol. The Kier molecular flexibility index (Phi) is 6.45. The number of alkyl halides is 3. The van der Waals surface area contributed by atoms with E-state index in [1.807, 2.05) is 0 Å². The number of piperazine rings is 1. The first kappa shape index (κ1) is 24.9. The molecular formula is C22H21ClF4N6O2. The lowest BCUT2D eigenvalue weighted by molar-refractivity contribution is -0.142. The lowest BCUT2D eigenvalue weighted by Crippen LogP contribution is -2.48. The van der Waals surface area contributed by atoms with Gasteiger partial charge in [-0.05, 0) is 18.1 Å². The van der Waals surface area contributed by atoms with Crippen molar-refractivity contribution < 1.29 is 22.4 Å². The van der Waals surface area contributed by atoms with Crippen LogP contribution >= 0.6 is 11.6 Å². The van der Waals surface area contributed by atoms with E-state index >= 15 is 0 Å². The summed E-state index contributed by atoms with van der Waals surface area (Å²) in [5, 5.41) is -0.575. The van der Waals surface area contributed by atoms with Gasteiger partial charge in [-0.25, -0.2) is 14.4 Å². The Labute approximate surface area is 202 Å². The molecule has 1 fully saturated rings. The minimum absolute atomic E-state index is 0.101. The van der Waals surface area contributed by atoms with E-state index in [-0.39, 0.29) is 53.4 Å². The van der Waals surface area contributed by atoms with Crippen LogP contribution < -0.4 is 16.2 Å². The van der Waals surface area contributed by atoms with Gasteiger partial charge in [0.15, 0.2) is 5.83 Å². The van der Waals surface area contributed by atoms with Gasteiger partial charge in [-0.15, -0.1) is 0 Å². The zero-order valence-corrected chi connectivity index (χ0v) is 19.3. The molecule has 2 aromatic rings. The first-order chi connectivity index (χ1) is 16.5. The van der Waals surface area contributed by atoms with E-state index in [1.54, 1.807) is 16.7 Å². The standard InChI is InChI=1S/C22H21ClF4N6O2/c1-3-15(34)31-4-6-32(7-5-31)20-12-9-14(22(25,26)27)33(21(35)18(12)29-10-30-20)19-16(24)13(23)8-11(2)17(19)28/h3,8-11,17H,1,4-7,28H2,2H3. The number of rotatable bonds is 3. The minimum Gasteiger partial charge on any atom is -0.352 e. The van der Waals surface area contributed by atoms with Gasteiger partial charge in [0, 0.05) is 26.2 Å². The second kappa shape index (κ2) is 9.08. The van der Waals surface area contributed by atoms with Crippen molar-refractivity contribution in [2.75, 3.05) is 31.1 Å². The summed E-state index contributed by atoms with van der Waals surface area (Å²) in [5.74, 6) is -2.00. The van der Waals surface area contributed by atoms with Crippen LogP contribution in [0.5, 0.6) is 0 Å². The molecule has 0 bridgehead atoms. The minimum atomic E-state index is -5.04. The largest absolute Gasteiger partial charge is 0.431 e. The fourth-order valence-electron chi connectivity index (χ4n) is 4.25. The molecule has 1 saturated heterocycles. The summed E-state index contributed by atoms with van der Waals surface area (Å²) in [6.07, 6.45) is -1.53. The molecule has 3 heterocycles. The van der Waals surface area contributed by atoms with Crippen LogP contribution in [-0.4, -0.2) is 57.6 Å². The van der Waals surface area contributed by atoms with Crippen LogP contribution in [0.3, 0.4) is 0 Å². The summed E-state index contributed by atoms with van der Waals surface area (Å²) in [6, 6.07) is -0.539. The fourth-order valence-corrected chi connectivity index (χ4v) is 4.54. The molecule has 35 heavy (non-hydrogen) atoms. The van der Waals surface area contributed by atoms with Gasteiger partial charge in [-0.1, -0.05) is 31.2 Å². The number of hydrogen-bond acceptors (Lipinski definition) is 6. The zero-order chi connectivity index (χ0) is 25.7. The Hall–Kier alpha value is -3.25. The second-order valence-electron chi connectivity index (χ2n) is 8.24. The highest BCUT2D eigenvalue weighted by Crippen LogP contribution is 2.39. The highest BCUT2D eigenvalue weighted by molar-refractivity contribution is 6.32. The third-order valence-corrected chi connectivity index (χ3v) is 6.41. The number of carbonyl (C=O) groups is 1. The molecule has 2 N–H and O–H groups in total. The van der Waals surface area contributed by atoms with Crippen LogP contribution in [-0.2, 0) is 11.0 Å².